The minimum absolute atomic E-state index is 0.924. The molecule has 11 heavy (non-hydrogen) atoms. The van der Waals surface area contributed by atoms with E-state index < -0.39 is 0 Å². The van der Waals surface area contributed by atoms with E-state index in [1.54, 1.807) is 0 Å². The average molecular weight is 152 g/mol. The molecule has 0 aromatic carbocycles. The van der Waals surface area contributed by atoms with Crippen molar-refractivity contribution in [2.75, 3.05) is 0 Å². The van der Waals surface area contributed by atoms with Crippen LogP contribution in [0.5, 0.6) is 0 Å². The molecule has 0 atom stereocenters. The Hall–Kier alpha value is 0.0649. The average Bonchev–Trinajstić information content (AvgIpc) is 1.84. The first kappa shape index (κ1) is 9.16. The van der Waals surface area contributed by atoms with Crippen LogP contribution in [0.15, 0.2) is 0 Å². The Kier molecular flexibility index (Phi) is 4.03. The molecule has 0 aliphatic heterocycles. The summed E-state index contributed by atoms with van der Waals surface area (Å²) in [7, 11) is 0. The Morgan fingerprint density at radius 3 is 1.73 bits per heavy atom. The molecule has 0 nitrogen and oxygen atoms in total. The van der Waals surface area contributed by atoms with Crippen molar-refractivity contribution in [3.63, 3.8) is 0 Å². The molecular weight excluding hydrogens is 131 g/mol. The molecule has 0 spiro atoms. The lowest BCUT2D eigenvalue weighted by Crippen LogP contribution is -2.13. The van der Waals surface area contributed by atoms with Gasteiger partial charge in [-0.1, -0.05) is 64.4 Å². The highest BCUT2D eigenvalue weighted by Crippen LogP contribution is 2.28. The lowest BCUT2D eigenvalue weighted by molar-refractivity contribution is 0.499. The van der Waals surface area contributed by atoms with E-state index in [2.05, 4.69) is 13.6 Å². The summed E-state index contributed by atoms with van der Waals surface area (Å²) in [5, 5.41) is 0. The fourth-order valence-corrected chi connectivity index (χ4v) is 2.15. The summed E-state index contributed by atoms with van der Waals surface area (Å²) in [5.74, 6) is 1.04. The van der Waals surface area contributed by atoms with Crippen LogP contribution in [0.4, 0.5) is 0 Å². The van der Waals surface area contributed by atoms with Gasteiger partial charge in [-0.05, 0) is 0 Å². The van der Waals surface area contributed by atoms with Gasteiger partial charge in [-0.25, -0.2) is 0 Å². The van der Waals surface area contributed by atoms with Gasteiger partial charge in [-0.2, -0.15) is 0 Å². The topological polar surface area (TPSA) is 0 Å². The molecule has 0 radical (unpaired) electrons. The normalized spacial score (nSPS) is 22.4. The van der Waals surface area contributed by atoms with Crippen molar-refractivity contribution < 1.29 is 0 Å². The number of hydrogen-bond acceptors (Lipinski definition) is 0. The third kappa shape index (κ3) is 3.31. The van der Waals surface area contributed by atoms with Gasteiger partial charge in [0.25, 0.3) is 0 Å². The van der Waals surface area contributed by atoms with E-state index in [1.165, 1.54) is 44.9 Å². The van der Waals surface area contributed by atoms with Crippen LogP contribution in [0.25, 0.3) is 0 Å². The largest absolute Gasteiger partial charge is 0.136 e. The van der Waals surface area contributed by atoms with Crippen LogP contribution in [0.2, 0.25) is 19.5 Å². The van der Waals surface area contributed by atoms with Crippen LogP contribution in [-0.2, 0) is 0 Å². The Morgan fingerprint density at radius 1 is 0.818 bits per heavy atom. The zero-order valence-electron chi connectivity index (χ0n) is 8.10. The maximum absolute atomic E-state index is 2.38. The van der Waals surface area contributed by atoms with E-state index in [0.29, 0.717) is 0 Å². The summed E-state index contributed by atoms with van der Waals surface area (Å²) >= 11 is 0. The van der Waals surface area contributed by atoms with Gasteiger partial charge >= 0.3 is 0 Å². The van der Waals surface area contributed by atoms with Gasteiger partial charge in [0.05, 0.1) is 0 Å². The first-order chi connectivity index (χ1) is 5.30. The quantitative estimate of drug-likeness (QED) is 0.500. The first-order valence-corrected chi connectivity index (χ1v) is 5.30. The van der Waals surface area contributed by atoms with E-state index in [9.17, 15) is 0 Å². The lowest BCUT2D eigenvalue weighted by atomic mass is 9.43. The maximum atomic E-state index is 2.38. The van der Waals surface area contributed by atoms with Gasteiger partial charge in [0.1, 0.15) is 6.71 Å². The molecule has 0 bridgehead atoms. The minimum Gasteiger partial charge on any atom is -0.0861 e. The third-order valence-corrected chi connectivity index (χ3v) is 3.09. The summed E-state index contributed by atoms with van der Waals surface area (Å²) in [6.07, 6.45) is 10.4. The van der Waals surface area contributed by atoms with Crippen molar-refractivity contribution in [3.8, 4) is 0 Å². The van der Waals surface area contributed by atoms with E-state index in [4.69, 9.17) is 0 Å². The molecule has 1 rings (SSSR count). The minimum atomic E-state index is 0.924. The zero-order valence-corrected chi connectivity index (χ0v) is 8.10. The van der Waals surface area contributed by atoms with Gasteiger partial charge < -0.3 is 0 Å². The molecule has 0 aromatic rings. The van der Waals surface area contributed by atoms with Crippen LogP contribution in [0, 0.1) is 0 Å². The monoisotopic (exact) mass is 152 g/mol. The molecule has 64 valence electrons. The zero-order chi connectivity index (χ0) is 8.10. The molecule has 0 unspecified atom stereocenters. The van der Waals surface area contributed by atoms with E-state index in [1.807, 2.05) is 0 Å². The predicted octanol–water partition coefficient (Wildman–Crippen LogP) is 3.86. The highest BCUT2D eigenvalue weighted by atomic mass is 14.1. The molecule has 0 saturated heterocycles. The fraction of sp³-hybridized carbons (Fsp3) is 1.00. The second-order valence-corrected chi connectivity index (χ2v) is 4.35. The Balaban J connectivity index is 2.26. The second kappa shape index (κ2) is 4.85. The number of hydrogen-bond donors (Lipinski definition) is 0. The molecule has 1 saturated carbocycles. The van der Waals surface area contributed by atoms with Gasteiger partial charge in [-0.15, -0.1) is 0 Å². The van der Waals surface area contributed by atoms with Gasteiger partial charge in [0.15, 0.2) is 0 Å². The Morgan fingerprint density at radius 2 is 1.27 bits per heavy atom. The molecule has 1 aliphatic rings. The van der Waals surface area contributed by atoms with E-state index in [-0.39, 0.29) is 0 Å². The van der Waals surface area contributed by atoms with Crippen molar-refractivity contribution in [2.24, 2.45) is 0 Å². The predicted molar refractivity (Wildman–Crippen MR) is 53.6 cm³/mol. The second-order valence-electron chi connectivity index (χ2n) is 4.35. The van der Waals surface area contributed by atoms with Crippen LogP contribution >= 0.6 is 0 Å². The molecule has 0 N–H and O–H groups in total. The van der Waals surface area contributed by atoms with E-state index >= 15 is 0 Å². The van der Waals surface area contributed by atoms with Crippen LogP contribution in [0.1, 0.15) is 44.9 Å². The molecule has 0 amide bonds. The molecule has 1 heteroatoms. The first-order valence-electron chi connectivity index (χ1n) is 5.30. The summed E-state index contributed by atoms with van der Waals surface area (Å²) in [6.45, 7) is 5.69. The van der Waals surface area contributed by atoms with Gasteiger partial charge in [0.2, 0.25) is 0 Å². The van der Waals surface area contributed by atoms with Gasteiger partial charge in [-0.3, -0.25) is 0 Å². The summed E-state index contributed by atoms with van der Waals surface area (Å²) in [5.41, 5.74) is 0. The molecule has 0 heterocycles. The highest BCUT2D eigenvalue weighted by Gasteiger charge is 2.16. The molecule has 1 aliphatic carbocycles. The maximum Gasteiger partial charge on any atom is 0.136 e. The van der Waals surface area contributed by atoms with Crippen LogP contribution < -0.4 is 0 Å². The van der Waals surface area contributed by atoms with Crippen molar-refractivity contribution >= 4 is 6.71 Å². The van der Waals surface area contributed by atoms with Gasteiger partial charge in [0, 0.05) is 0 Å². The van der Waals surface area contributed by atoms with Crippen molar-refractivity contribution in [1.82, 2.24) is 0 Å². The SMILES string of the molecule is CB(C)C1CCCCCCC1. The third-order valence-electron chi connectivity index (χ3n) is 3.09. The molecule has 0 aromatic heterocycles. The van der Waals surface area contributed by atoms with Crippen molar-refractivity contribution in [1.29, 1.82) is 0 Å². The van der Waals surface area contributed by atoms with Crippen LogP contribution in [0.3, 0.4) is 0 Å². The van der Waals surface area contributed by atoms with Crippen LogP contribution in [-0.4, -0.2) is 6.71 Å². The standard InChI is InChI=1S/C10H21B/c1-11(2)10-8-6-4-3-5-7-9-10/h10H,3-9H2,1-2H3. The smallest absolute Gasteiger partial charge is 0.0861 e. The molecular formula is C10H21B. The summed E-state index contributed by atoms with van der Waals surface area (Å²) in [6, 6.07) is 0. The lowest BCUT2D eigenvalue weighted by Gasteiger charge is -2.20. The summed E-state index contributed by atoms with van der Waals surface area (Å²) in [4.78, 5) is 0. The molecule has 1 fully saturated rings. The highest BCUT2D eigenvalue weighted by molar-refractivity contribution is 6.57. The fourth-order valence-electron chi connectivity index (χ4n) is 2.15. The van der Waals surface area contributed by atoms with E-state index in [0.717, 1.165) is 12.5 Å². The van der Waals surface area contributed by atoms with Crippen molar-refractivity contribution in [3.05, 3.63) is 0 Å². The number of rotatable bonds is 1. The van der Waals surface area contributed by atoms with Crippen molar-refractivity contribution in [2.45, 2.75) is 64.4 Å². The Bertz CT molecular complexity index is 91.0. The Labute approximate surface area is 71.8 Å². The summed E-state index contributed by atoms with van der Waals surface area (Å²) < 4.78 is 0.